The van der Waals surface area contributed by atoms with Crippen LogP contribution in [0.25, 0.3) is 23.1 Å². The number of benzene rings is 2. The summed E-state index contributed by atoms with van der Waals surface area (Å²) < 4.78 is 4.48. The number of carbonyl (C=O) groups excluding carboxylic acids is 2. The van der Waals surface area contributed by atoms with Crippen LogP contribution < -0.4 is 5.32 Å². The predicted octanol–water partition coefficient (Wildman–Crippen LogP) is 2.64. The molecule has 0 aliphatic carbocycles. The quantitative estimate of drug-likeness (QED) is 0.702. The Morgan fingerprint density at radius 3 is 2.64 bits per heavy atom. The molecule has 0 aliphatic rings. The molecule has 0 aliphatic heterocycles. The van der Waals surface area contributed by atoms with Crippen molar-refractivity contribution in [3.8, 4) is 0 Å². The summed E-state index contributed by atoms with van der Waals surface area (Å²) >= 11 is 0. The molecule has 126 valence electrons. The molecule has 1 aromatic heterocycles. The minimum Gasteiger partial charge on any atom is -0.468 e. The summed E-state index contributed by atoms with van der Waals surface area (Å²) in [6.07, 6.45) is 3.85. The van der Waals surface area contributed by atoms with Crippen molar-refractivity contribution in [1.82, 2.24) is 15.5 Å². The summed E-state index contributed by atoms with van der Waals surface area (Å²) in [5, 5.41) is 10.8. The molecular weight excluding hydrogens is 318 g/mol. The number of carbonyl (C=O) groups is 2. The number of aromatic amines is 1. The second kappa shape index (κ2) is 7.44. The van der Waals surface area contributed by atoms with Crippen LogP contribution in [-0.4, -0.2) is 35.7 Å². The Hall–Kier alpha value is -3.41. The van der Waals surface area contributed by atoms with E-state index in [4.69, 9.17) is 0 Å². The van der Waals surface area contributed by atoms with Crippen molar-refractivity contribution in [2.75, 3.05) is 13.7 Å². The number of ether oxygens (including phenoxy) is 1. The van der Waals surface area contributed by atoms with Crippen molar-refractivity contribution in [3.63, 3.8) is 0 Å². The summed E-state index contributed by atoms with van der Waals surface area (Å²) in [5.41, 5.74) is 3.26. The lowest BCUT2D eigenvalue weighted by atomic mass is 10.1. The van der Waals surface area contributed by atoms with E-state index in [1.165, 1.54) is 7.11 Å². The molecule has 25 heavy (non-hydrogen) atoms. The fourth-order valence-electron chi connectivity index (χ4n) is 2.36. The van der Waals surface area contributed by atoms with Crippen LogP contribution in [0.5, 0.6) is 0 Å². The fourth-order valence-corrected chi connectivity index (χ4v) is 2.36. The van der Waals surface area contributed by atoms with E-state index in [2.05, 4.69) is 20.3 Å². The lowest BCUT2D eigenvalue weighted by Gasteiger charge is -2.04. The van der Waals surface area contributed by atoms with Crippen LogP contribution in [-0.2, 0) is 9.53 Å². The second-order valence-corrected chi connectivity index (χ2v) is 5.37. The van der Waals surface area contributed by atoms with Gasteiger partial charge in [0.15, 0.2) is 0 Å². The Morgan fingerprint density at radius 1 is 1.12 bits per heavy atom. The van der Waals surface area contributed by atoms with E-state index in [9.17, 15) is 9.59 Å². The Morgan fingerprint density at radius 2 is 1.88 bits per heavy atom. The molecule has 3 rings (SSSR count). The van der Waals surface area contributed by atoms with Gasteiger partial charge < -0.3 is 10.1 Å². The Bertz CT molecular complexity index is 926. The third-order valence-corrected chi connectivity index (χ3v) is 3.73. The Kier molecular flexibility index (Phi) is 4.89. The van der Waals surface area contributed by atoms with Crippen LogP contribution in [0, 0.1) is 0 Å². The second-order valence-electron chi connectivity index (χ2n) is 5.37. The minimum atomic E-state index is -0.487. The third-order valence-electron chi connectivity index (χ3n) is 3.73. The number of fused-ring (bicyclic) bond motifs is 1. The number of rotatable bonds is 5. The van der Waals surface area contributed by atoms with Crippen molar-refractivity contribution in [2.24, 2.45) is 0 Å². The van der Waals surface area contributed by atoms with Gasteiger partial charge in [-0.05, 0) is 29.8 Å². The van der Waals surface area contributed by atoms with Crippen molar-refractivity contribution in [1.29, 1.82) is 0 Å². The van der Waals surface area contributed by atoms with Crippen LogP contribution in [0.2, 0.25) is 0 Å². The van der Waals surface area contributed by atoms with E-state index in [0.29, 0.717) is 5.56 Å². The molecule has 0 bridgehead atoms. The van der Waals surface area contributed by atoms with E-state index >= 15 is 0 Å². The molecule has 2 N–H and O–H groups in total. The van der Waals surface area contributed by atoms with Gasteiger partial charge in [0.05, 0.1) is 18.3 Å². The predicted molar refractivity (Wildman–Crippen MR) is 95.8 cm³/mol. The summed E-state index contributed by atoms with van der Waals surface area (Å²) in [6, 6.07) is 15.0. The minimum absolute atomic E-state index is 0.150. The maximum atomic E-state index is 11.9. The highest BCUT2D eigenvalue weighted by molar-refractivity contribution is 5.96. The first-order valence-corrected chi connectivity index (χ1v) is 7.73. The lowest BCUT2D eigenvalue weighted by Crippen LogP contribution is -2.30. The van der Waals surface area contributed by atoms with E-state index in [0.717, 1.165) is 22.2 Å². The van der Waals surface area contributed by atoms with Gasteiger partial charge in [-0.3, -0.25) is 14.7 Å². The molecule has 6 heteroatoms. The number of para-hydroxylation sites is 1. The SMILES string of the molecule is COC(=O)CNC(=O)c1ccc(/C=C/c2n[nH]c3ccccc23)cc1. The summed E-state index contributed by atoms with van der Waals surface area (Å²) in [5.74, 6) is -0.807. The van der Waals surface area contributed by atoms with Gasteiger partial charge >= 0.3 is 5.97 Å². The van der Waals surface area contributed by atoms with Crippen LogP contribution >= 0.6 is 0 Å². The smallest absolute Gasteiger partial charge is 0.325 e. The largest absolute Gasteiger partial charge is 0.468 e. The molecule has 1 heterocycles. The van der Waals surface area contributed by atoms with Gasteiger partial charge in [-0.1, -0.05) is 36.4 Å². The van der Waals surface area contributed by atoms with Crippen molar-refractivity contribution in [3.05, 3.63) is 65.4 Å². The van der Waals surface area contributed by atoms with E-state index in [1.807, 2.05) is 48.6 Å². The number of methoxy groups -OCH3 is 1. The van der Waals surface area contributed by atoms with Gasteiger partial charge in [-0.25, -0.2) is 0 Å². The van der Waals surface area contributed by atoms with Gasteiger partial charge in [0.1, 0.15) is 6.54 Å². The zero-order valence-electron chi connectivity index (χ0n) is 13.7. The highest BCUT2D eigenvalue weighted by Crippen LogP contribution is 2.17. The van der Waals surface area contributed by atoms with Crippen LogP contribution in [0.4, 0.5) is 0 Å². The van der Waals surface area contributed by atoms with Crippen LogP contribution in [0.1, 0.15) is 21.6 Å². The lowest BCUT2D eigenvalue weighted by molar-refractivity contribution is -0.139. The number of nitrogens with zero attached hydrogens (tertiary/aromatic N) is 1. The van der Waals surface area contributed by atoms with Gasteiger partial charge in [0.2, 0.25) is 0 Å². The zero-order valence-corrected chi connectivity index (χ0v) is 13.7. The first-order valence-electron chi connectivity index (χ1n) is 7.73. The van der Waals surface area contributed by atoms with Crippen molar-refractivity contribution in [2.45, 2.75) is 0 Å². The molecule has 0 saturated heterocycles. The average Bonchev–Trinajstić information content (AvgIpc) is 3.07. The standard InChI is InChI=1S/C19H17N3O3/c1-25-18(23)12-20-19(24)14-9-6-13(7-10-14)8-11-17-15-4-2-3-5-16(15)21-22-17/h2-11H,12H2,1H3,(H,20,24)(H,21,22)/b11-8+. The Labute approximate surface area is 144 Å². The summed E-state index contributed by atoms with van der Waals surface area (Å²) in [6.45, 7) is -0.150. The number of esters is 1. The molecule has 0 fully saturated rings. The number of aromatic nitrogens is 2. The third kappa shape index (κ3) is 3.92. The van der Waals surface area contributed by atoms with Gasteiger partial charge in [-0.15, -0.1) is 0 Å². The van der Waals surface area contributed by atoms with Crippen LogP contribution in [0.3, 0.4) is 0 Å². The zero-order chi connectivity index (χ0) is 17.6. The topological polar surface area (TPSA) is 84.1 Å². The maximum Gasteiger partial charge on any atom is 0.325 e. The normalized spacial score (nSPS) is 10.9. The summed E-state index contributed by atoms with van der Waals surface area (Å²) in [4.78, 5) is 23.0. The number of hydrogen-bond donors (Lipinski definition) is 2. The molecule has 3 aromatic rings. The highest BCUT2D eigenvalue weighted by Gasteiger charge is 2.07. The van der Waals surface area contributed by atoms with E-state index in [1.54, 1.807) is 12.1 Å². The Balaban J connectivity index is 1.68. The average molecular weight is 335 g/mol. The van der Waals surface area contributed by atoms with Gasteiger partial charge in [0.25, 0.3) is 5.91 Å². The molecule has 0 saturated carbocycles. The molecule has 1 amide bonds. The highest BCUT2D eigenvalue weighted by atomic mass is 16.5. The number of amides is 1. The van der Waals surface area contributed by atoms with E-state index < -0.39 is 5.97 Å². The number of nitrogens with one attached hydrogen (secondary N) is 2. The monoisotopic (exact) mass is 335 g/mol. The molecule has 6 nitrogen and oxygen atoms in total. The van der Waals surface area contributed by atoms with Gasteiger partial charge in [0, 0.05) is 10.9 Å². The van der Waals surface area contributed by atoms with Gasteiger partial charge in [-0.2, -0.15) is 5.10 Å². The molecule has 2 aromatic carbocycles. The molecular formula is C19H17N3O3. The molecule has 0 spiro atoms. The van der Waals surface area contributed by atoms with Crippen molar-refractivity contribution >= 4 is 34.9 Å². The number of H-pyrrole nitrogens is 1. The molecule has 0 unspecified atom stereocenters. The fraction of sp³-hybridized carbons (Fsp3) is 0.105. The number of hydrogen-bond acceptors (Lipinski definition) is 4. The van der Waals surface area contributed by atoms with Crippen molar-refractivity contribution < 1.29 is 14.3 Å². The first kappa shape index (κ1) is 16.4. The molecule has 0 radical (unpaired) electrons. The van der Waals surface area contributed by atoms with Crippen LogP contribution in [0.15, 0.2) is 48.5 Å². The molecule has 0 atom stereocenters. The van der Waals surface area contributed by atoms with E-state index in [-0.39, 0.29) is 12.5 Å². The summed E-state index contributed by atoms with van der Waals surface area (Å²) in [7, 11) is 1.28. The maximum absolute atomic E-state index is 11.9. The first-order chi connectivity index (χ1) is 12.2.